The molecule has 5 heteroatoms. The second kappa shape index (κ2) is 5.98. The minimum absolute atomic E-state index is 0.250. The zero-order valence-electron chi connectivity index (χ0n) is 12.3. The fourth-order valence-corrected chi connectivity index (χ4v) is 3.80. The van der Waals surface area contributed by atoms with Gasteiger partial charge in [-0.1, -0.05) is 0 Å². The number of ether oxygens (including phenoxy) is 1. The maximum Gasteiger partial charge on any atom is 0.222 e. The molecule has 3 aliphatic rings. The number of carbonyl (C=O) groups excluding carboxylic acids is 1. The van der Waals surface area contributed by atoms with Crippen LogP contribution in [0, 0.1) is 5.92 Å². The van der Waals surface area contributed by atoms with Gasteiger partial charge in [0, 0.05) is 45.2 Å². The summed E-state index contributed by atoms with van der Waals surface area (Å²) in [4.78, 5) is 16.5. The molecule has 2 aliphatic heterocycles. The summed E-state index contributed by atoms with van der Waals surface area (Å²) in [6, 6.07) is 0.250. The second-order valence-corrected chi connectivity index (χ2v) is 6.44. The number of amides is 1. The molecule has 0 aromatic carbocycles. The van der Waals surface area contributed by atoms with Gasteiger partial charge in [0.15, 0.2) is 0 Å². The summed E-state index contributed by atoms with van der Waals surface area (Å²) < 4.78 is 18.9. The Morgan fingerprint density at radius 1 is 1.25 bits per heavy atom. The van der Waals surface area contributed by atoms with Gasteiger partial charge in [0.1, 0.15) is 6.17 Å². The van der Waals surface area contributed by atoms with E-state index in [1.54, 1.807) is 0 Å². The molecule has 0 spiro atoms. The molecule has 3 rings (SSSR count). The van der Waals surface area contributed by atoms with Crippen LogP contribution in [0.3, 0.4) is 0 Å². The van der Waals surface area contributed by atoms with E-state index in [-0.39, 0.29) is 11.9 Å². The number of fused-ring (bicyclic) bond motifs is 1. The Bertz CT molecular complexity index is 360. The lowest BCUT2D eigenvalue weighted by molar-refractivity contribution is -0.137. The molecule has 1 saturated carbocycles. The zero-order chi connectivity index (χ0) is 14.1. The Kier molecular flexibility index (Phi) is 4.26. The van der Waals surface area contributed by atoms with Crippen molar-refractivity contribution in [3.8, 4) is 0 Å². The predicted octanol–water partition coefficient (Wildman–Crippen LogP) is 1.45. The van der Waals surface area contributed by atoms with Crippen LogP contribution in [0.4, 0.5) is 4.39 Å². The first-order valence-electron chi connectivity index (χ1n) is 7.93. The second-order valence-electron chi connectivity index (χ2n) is 6.44. The first kappa shape index (κ1) is 14.3. The molecule has 1 amide bonds. The molecule has 0 radical (unpaired) electrons. The molecule has 2 saturated heterocycles. The molecule has 114 valence electrons. The van der Waals surface area contributed by atoms with E-state index in [0.29, 0.717) is 31.4 Å². The van der Waals surface area contributed by atoms with Crippen LogP contribution < -0.4 is 0 Å². The van der Waals surface area contributed by atoms with E-state index in [1.807, 2.05) is 11.8 Å². The zero-order valence-corrected chi connectivity index (χ0v) is 12.3. The van der Waals surface area contributed by atoms with Crippen LogP contribution in [0.25, 0.3) is 0 Å². The van der Waals surface area contributed by atoms with Gasteiger partial charge in [0.2, 0.25) is 5.91 Å². The molecule has 0 N–H and O–H groups in total. The van der Waals surface area contributed by atoms with Crippen LogP contribution in [0.1, 0.15) is 32.6 Å². The molecule has 2 atom stereocenters. The largest absolute Gasteiger partial charge is 0.378 e. The predicted molar refractivity (Wildman–Crippen MR) is 74.2 cm³/mol. The molecule has 1 aliphatic carbocycles. The summed E-state index contributed by atoms with van der Waals surface area (Å²) in [6.45, 7) is 5.66. The van der Waals surface area contributed by atoms with Crippen molar-refractivity contribution in [1.29, 1.82) is 0 Å². The van der Waals surface area contributed by atoms with E-state index in [0.717, 1.165) is 39.1 Å². The van der Waals surface area contributed by atoms with Gasteiger partial charge in [-0.05, 0) is 32.1 Å². The summed E-state index contributed by atoms with van der Waals surface area (Å²) >= 11 is 0. The summed E-state index contributed by atoms with van der Waals surface area (Å²) in [5.41, 5.74) is 0. The van der Waals surface area contributed by atoms with Crippen molar-refractivity contribution in [3.05, 3.63) is 0 Å². The smallest absolute Gasteiger partial charge is 0.222 e. The van der Waals surface area contributed by atoms with Crippen LogP contribution in [0.2, 0.25) is 0 Å². The number of halogens is 1. The molecular weight excluding hydrogens is 259 g/mol. The van der Waals surface area contributed by atoms with E-state index in [2.05, 4.69) is 4.90 Å². The SMILES string of the molecule is CCOC1CC(CC(=O)N2CCN3C[C@@H](F)C[C@H]3C2)C1. The van der Waals surface area contributed by atoms with Crippen molar-refractivity contribution in [3.63, 3.8) is 0 Å². The van der Waals surface area contributed by atoms with Gasteiger partial charge in [0.05, 0.1) is 6.10 Å². The van der Waals surface area contributed by atoms with Gasteiger partial charge in [-0.25, -0.2) is 4.39 Å². The molecule has 3 fully saturated rings. The Hall–Kier alpha value is -0.680. The maximum atomic E-state index is 13.4. The van der Waals surface area contributed by atoms with Crippen molar-refractivity contribution < 1.29 is 13.9 Å². The van der Waals surface area contributed by atoms with Crippen LogP contribution in [0.15, 0.2) is 0 Å². The number of piperazine rings is 1. The number of nitrogens with zero attached hydrogens (tertiary/aromatic N) is 2. The lowest BCUT2D eigenvalue weighted by Gasteiger charge is -2.39. The molecule has 4 nitrogen and oxygen atoms in total. The maximum absolute atomic E-state index is 13.4. The van der Waals surface area contributed by atoms with Crippen LogP contribution in [-0.2, 0) is 9.53 Å². The first-order valence-corrected chi connectivity index (χ1v) is 7.93. The van der Waals surface area contributed by atoms with E-state index >= 15 is 0 Å². The molecule has 0 aromatic heterocycles. The molecule has 20 heavy (non-hydrogen) atoms. The van der Waals surface area contributed by atoms with Crippen LogP contribution in [-0.4, -0.2) is 66.8 Å². The number of alkyl halides is 1. The first-order chi connectivity index (χ1) is 9.65. The Balaban J connectivity index is 1.42. The van der Waals surface area contributed by atoms with E-state index < -0.39 is 6.17 Å². The molecule has 0 bridgehead atoms. The van der Waals surface area contributed by atoms with Crippen molar-refractivity contribution in [2.75, 3.05) is 32.8 Å². The fourth-order valence-electron chi connectivity index (χ4n) is 3.80. The number of hydrogen-bond acceptors (Lipinski definition) is 3. The highest BCUT2D eigenvalue weighted by Gasteiger charge is 2.38. The topological polar surface area (TPSA) is 32.8 Å². The van der Waals surface area contributed by atoms with Gasteiger partial charge in [-0.15, -0.1) is 0 Å². The number of rotatable bonds is 4. The summed E-state index contributed by atoms with van der Waals surface area (Å²) in [5.74, 6) is 0.751. The number of hydrogen-bond donors (Lipinski definition) is 0. The number of carbonyl (C=O) groups is 1. The van der Waals surface area contributed by atoms with Crippen LogP contribution >= 0.6 is 0 Å². The van der Waals surface area contributed by atoms with Crippen molar-refractivity contribution in [2.24, 2.45) is 5.92 Å². The third-order valence-corrected chi connectivity index (χ3v) is 4.98. The average molecular weight is 284 g/mol. The molecule has 0 unspecified atom stereocenters. The van der Waals surface area contributed by atoms with Gasteiger partial charge in [-0.3, -0.25) is 9.69 Å². The Labute approximate surface area is 120 Å². The fraction of sp³-hybridized carbons (Fsp3) is 0.933. The van der Waals surface area contributed by atoms with Gasteiger partial charge in [-0.2, -0.15) is 0 Å². The van der Waals surface area contributed by atoms with Crippen molar-refractivity contribution >= 4 is 5.91 Å². The lowest BCUT2D eigenvalue weighted by Crippen LogP contribution is -2.52. The van der Waals surface area contributed by atoms with Crippen LogP contribution in [0.5, 0.6) is 0 Å². The highest BCUT2D eigenvalue weighted by molar-refractivity contribution is 5.76. The highest BCUT2D eigenvalue weighted by atomic mass is 19.1. The normalized spacial score (nSPS) is 37.6. The standard InChI is InChI=1S/C15H25FN2O2/c1-2-20-14-5-11(6-14)7-15(19)18-4-3-17-9-12(16)8-13(17)10-18/h11-14H,2-10H2,1H3/t11?,12-,13-,14?/m0/s1. The minimum Gasteiger partial charge on any atom is -0.378 e. The lowest BCUT2D eigenvalue weighted by atomic mass is 9.79. The third kappa shape index (κ3) is 2.98. The van der Waals surface area contributed by atoms with E-state index in [1.165, 1.54) is 0 Å². The molecule has 0 aromatic rings. The summed E-state index contributed by atoms with van der Waals surface area (Å²) in [6.07, 6.45) is 2.96. The quantitative estimate of drug-likeness (QED) is 0.783. The molecular formula is C15H25FN2O2. The Morgan fingerprint density at radius 3 is 2.80 bits per heavy atom. The minimum atomic E-state index is -0.700. The van der Waals surface area contributed by atoms with Gasteiger partial charge < -0.3 is 9.64 Å². The summed E-state index contributed by atoms with van der Waals surface area (Å²) in [5, 5.41) is 0. The van der Waals surface area contributed by atoms with Gasteiger partial charge >= 0.3 is 0 Å². The average Bonchev–Trinajstić information content (AvgIpc) is 2.75. The van der Waals surface area contributed by atoms with E-state index in [4.69, 9.17) is 4.74 Å². The van der Waals surface area contributed by atoms with Crippen molar-refractivity contribution in [1.82, 2.24) is 9.80 Å². The van der Waals surface area contributed by atoms with Gasteiger partial charge in [0.25, 0.3) is 0 Å². The summed E-state index contributed by atoms with van der Waals surface area (Å²) in [7, 11) is 0. The third-order valence-electron chi connectivity index (χ3n) is 4.98. The highest BCUT2D eigenvalue weighted by Crippen LogP contribution is 2.33. The Morgan fingerprint density at radius 2 is 2.05 bits per heavy atom. The monoisotopic (exact) mass is 284 g/mol. The molecule has 2 heterocycles. The van der Waals surface area contributed by atoms with E-state index in [9.17, 15) is 9.18 Å². The van der Waals surface area contributed by atoms with Crippen molar-refractivity contribution in [2.45, 2.75) is 50.9 Å².